The van der Waals surface area contributed by atoms with Crippen LogP contribution >= 0.6 is 18.6 Å². The molecule has 0 saturated carbocycles. The van der Waals surface area contributed by atoms with Gasteiger partial charge in [0.1, 0.15) is 0 Å². The summed E-state index contributed by atoms with van der Waals surface area (Å²) >= 11 is -0.556. The average Bonchev–Trinajstić information content (AvgIpc) is 3.21. The number of unbranched alkanes of at least 4 members (excludes halogenated alkanes) is 2. The fraction of sp³-hybridized carbons (Fsp3) is 0.545. The van der Waals surface area contributed by atoms with E-state index in [1.165, 1.54) is 60.8 Å². The van der Waals surface area contributed by atoms with Crippen molar-refractivity contribution in [2.75, 3.05) is 0 Å². The Morgan fingerprint density at radius 1 is 0.846 bits per heavy atom. The summed E-state index contributed by atoms with van der Waals surface area (Å²) in [6.07, 6.45) is 7.75. The van der Waals surface area contributed by atoms with Gasteiger partial charge in [0.25, 0.3) is 0 Å². The van der Waals surface area contributed by atoms with Gasteiger partial charge in [0.15, 0.2) is 0 Å². The molecule has 1 radical (unpaired) electrons. The van der Waals surface area contributed by atoms with Crippen LogP contribution in [0.5, 0.6) is 0 Å². The molecule has 0 fully saturated rings. The summed E-state index contributed by atoms with van der Waals surface area (Å²) in [5.41, 5.74) is 5.79. The van der Waals surface area contributed by atoms with Gasteiger partial charge in [-0.05, 0) is 0 Å². The third kappa shape index (κ3) is 19.0. The Balaban J connectivity index is 0. The van der Waals surface area contributed by atoms with E-state index < -0.39 is 17.0 Å². The van der Waals surface area contributed by atoms with Gasteiger partial charge in [-0.1, -0.05) is 79.3 Å². The maximum absolute atomic E-state index is 4.89. The third-order valence-electron chi connectivity index (χ3n) is 3.58. The van der Waals surface area contributed by atoms with Crippen LogP contribution < -0.4 is 0 Å². The molecule has 0 N–H and O–H groups in total. The molecule has 0 saturated heterocycles. The Labute approximate surface area is 182 Å². The molecule has 0 bridgehead atoms. The van der Waals surface area contributed by atoms with Gasteiger partial charge in [0.2, 0.25) is 0 Å². The van der Waals surface area contributed by atoms with Crippen molar-refractivity contribution in [2.45, 2.75) is 79.3 Å². The van der Waals surface area contributed by atoms with Gasteiger partial charge in [0, 0.05) is 9.52 Å². The molecule has 0 aliphatic rings. The first-order valence-corrected chi connectivity index (χ1v) is 16.2. The molecule has 0 nitrogen and oxygen atoms in total. The molecular weight excluding hydrogens is 411 g/mol. The van der Waals surface area contributed by atoms with Gasteiger partial charge in [-0.2, -0.15) is 35.4 Å². The molecule has 0 aliphatic carbocycles. The summed E-state index contributed by atoms with van der Waals surface area (Å²) in [6, 6.07) is 13.4. The van der Waals surface area contributed by atoms with Crippen molar-refractivity contribution in [3.8, 4) is 0 Å². The minimum atomic E-state index is -0.556. The number of halogens is 2. The van der Waals surface area contributed by atoms with Crippen LogP contribution in [0.4, 0.5) is 0 Å². The molecule has 2 rings (SSSR count). The van der Waals surface area contributed by atoms with Gasteiger partial charge in [-0.3, -0.25) is 0 Å². The van der Waals surface area contributed by atoms with Crippen LogP contribution in [0.2, 0.25) is 13.1 Å². The molecule has 0 amide bonds. The van der Waals surface area contributed by atoms with Crippen molar-refractivity contribution < 1.29 is 17.0 Å². The predicted molar refractivity (Wildman–Crippen MR) is 121 cm³/mol. The maximum atomic E-state index is 4.89. The fourth-order valence-electron chi connectivity index (χ4n) is 2.33. The Morgan fingerprint density at radius 3 is 1.35 bits per heavy atom. The summed E-state index contributed by atoms with van der Waals surface area (Å²) < 4.78 is 0. The summed E-state index contributed by atoms with van der Waals surface area (Å²) in [7, 11) is 10.5. The van der Waals surface area contributed by atoms with Crippen LogP contribution in [0.15, 0.2) is 36.4 Å². The van der Waals surface area contributed by atoms with Gasteiger partial charge < -0.3 is 0 Å². The van der Waals surface area contributed by atoms with Crippen molar-refractivity contribution >= 4 is 28.1 Å². The zero-order valence-corrected chi connectivity index (χ0v) is 21.8. The summed E-state index contributed by atoms with van der Waals surface area (Å²) in [5.74, 6) is 0. The van der Waals surface area contributed by atoms with Crippen molar-refractivity contribution in [3.05, 3.63) is 58.7 Å². The van der Waals surface area contributed by atoms with E-state index >= 15 is 0 Å². The normalized spacial score (nSPS) is 9.08. The molecule has 26 heavy (non-hydrogen) atoms. The quantitative estimate of drug-likeness (QED) is 0.310. The van der Waals surface area contributed by atoms with Crippen LogP contribution in [0.25, 0.3) is 0 Å². The van der Waals surface area contributed by atoms with Gasteiger partial charge in [0.05, 0.1) is 0 Å². The van der Waals surface area contributed by atoms with E-state index in [1.54, 1.807) is 0 Å². The Kier molecular flexibility index (Phi) is 23.5. The average molecular weight is 448 g/mol. The molecule has 0 aliphatic heterocycles. The summed E-state index contributed by atoms with van der Waals surface area (Å²) in [6.45, 7) is 13.2. The topological polar surface area (TPSA) is 0 Å². The number of hydrogen-bond donors (Lipinski definition) is 0. The minimum absolute atomic E-state index is 0.556. The number of rotatable bonds is 6. The Morgan fingerprint density at radius 2 is 1.15 bits per heavy atom. The first-order chi connectivity index (χ1) is 12.5. The van der Waals surface area contributed by atoms with Gasteiger partial charge >= 0.3 is 35.6 Å². The first-order valence-electron chi connectivity index (χ1n) is 9.63. The third-order valence-corrected chi connectivity index (χ3v) is 3.58. The molecule has 4 heteroatoms. The van der Waals surface area contributed by atoms with E-state index in [9.17, 15) is 0 Å². The van der Waals surface area contributed by atoms with Crippen LogP contribution in [0, 0.1) is 13.8 Å². The molecule has 149 valence electrons. The van der Waals surface area contributed by atoms with Gasteiger partial charge in [-0.25, -0.2) is 23.3 Å². The van der Waals surface area contributed by atoms with Crippen molar-refractivity contribution in [1.82, 2.24) is 0 Å². The molecule has 0 unspecified atom stereocenters. The van der Waals surface area contributed by atoms with E-state index in [1.807, 2.05) is 0 Å². The molecule has 2 aromatic rings. The van der Waals surface area contributed by atoms with Crippen LogP contribution in [0.3, 0.4) is 0 Å². The van der Waals surface area contributed by atoms with Crippen molar-refractivity contribution in [3.63, 3.8) is 0 Å². The van der Waals surface area contributed by atoms with Crippen LogP contribution in [-0.4, -0.2) is 9.52 Å². The van der Waals surface area contributed by atoms with E-state index in [4.69, 9.17) is 18.6 Å². The van der Waals surface area contributed by atoms with Gasteiger partial charge in [-0.15, -0.1) is 0 Å². The second kappa shape index (κ2) is 21.5. The summed E-state index contributed by atoms with van der Waals surface area (Å²) in [5, 5.41) is 0. The predicted octanol–water partition coefficient (Wildman–Crippen LogP) is 8.01. The van der Waals surface area contributed by atoms with E-state index in [0.717, 1.165) is 9.52 Å². The SMILES string of the molecule is CCCCc1cc(C)c[cH-]1.CCCCc1cc(C)c[cH-]1.C[SiH]C.[Cl][Ti][Cl]. The molecule has 2 aromatic carbocycles. The monoisotopic (exact) mass is 447 g/mol. The molecule has 0 spiro atoms. The van der Waals surface area contributed by atoms with Crippen molar-refractivity contribution in [2.24, 2.45) is 0 Å². The first kappa shape index (κ1) is 28.4. The van der Waals surface area contributed by atoms with Crippen LogP contribution in [-0.2, 0) is 29.9 Å². The van der Waals surface area contributed by atoms with Crippen LogP contribution in [0.1, 0.15) is 61.8 Å². The standard InChI is InChI=1S/2C10H15.C2H7Si.2ClH.Ti/c2*1-3-4-5-10-7-6-9(2)8-10;1-3-2;;;/h2*6-8H,3-5H2,1-2H3;3H,1-2H3;2*1H;/q2*-1;;;;+2/p-2. The molecule has 0 atom stereocenters. The molecule has 0 heterocycles. The van der Waals surface area contributed by atoms with E-state index in [2.05, 4.69) is 77.2 Å². The number of hydrogen-bond acceptors (Lipinski definition) is 0. The zero-order chi connectivity index (χ0) is 20.2. The molecule has 0 aromatic heterocycles. The Bertz CT molecular complexity index is 459. The van der Waals surface area contributed by atoms with Crippen molar-refractivity contribution in [1.29, 1.82) is 0 Å². The second-order valence-electron chi connectivity index (χ2n) is 6.45. The Hall–Kier alpha value is 0.211. The molecular formula is C22H37Cl2SiTi-2. The van der Waals surface area contributed by atoms with E-state index in [0.29, 0.717) is 0 Å². The second-order valence-corrected chi connectivity index (χ2v) is 10.2. The summed E-state index contributed by atoms with van der Waals surface area (Å²) in [4.78, 5) is 0. The zero-order valence-electron chi connectivity index (χ0n) is 17.5. The number of aryl methyl sites for hydroxylation is 4. The van der Waals surface area contributed by atoms with E-state index in [-0.39, 0.29) is 0 Å². The fourth-order valence-corrected chi connectivity index (χ4v) is 2.33.